The minimum atomic E-state index is -0.552. The molecule has 0 radical (unpaired) electrons. The normalized spacial score (nSPS) is 25.8. The number of hydrogen-bond acceptors (Lipinski definition) is 3. The van der Waals surface area contributed by atoms with Crippen LogP contribution >= 0.6 is 12.4 Å². The molecule has 1 aliphatic rings. The van der Waals surface area contributed by atoms with Crippen LogP contribution in [0.25, 0.3) is 0 Å². The first-order valence-corrected chi connectivity index (χ1v) is 5.56. The number of halogens is 1. The number of aliphatic hydroxyl groups excluding tert-OH is 1. The summed E-state index contributed by atoms with van der Waals surface area (Å²) in [6.07, 6.45) is -0.530. The Morgan fingerprint density at radius 3 is 2.41 bits per heavy atom. The largest absolute Gasteiger partial charge is 0.485 e. The Morgan fingerprint density at radius 2 is 1.82 bits per heavy atom. The lowest BCUT2D eigenvalue weighted by molar-refractivity contribution is -0.0848. The van der Waals surface area contributed by atoms with Gasteiger partial charge in [-0.1, -0.05) is 18.2 Å². The maximum atomic E-state index is 10.3. The highest BCUT2D eigenvalue weighted by molar-refractivity contribution is 5.85. The van der Waals surface area contributed by atoms with E-state index >= 15 is 0 Å². The Balaban J connectivity index is 0.00000144. The molecule has 0 saturated heterocycles. The number of para-hydroxylation sites is 1. The van der Waals surface area contributed by atoms with E-state index in [1.807, 2.05) is 57.1 Å². The van der Waals surface area contributed by atoms with Crippen LogP contribution in [0, 0.1) is 0 Å². The first kappa shape index (κ1) is 14.3. The Bertz CT molecular complexity index is 393. The molecule has 0 bridgehead atoms. The highest BCUT2D eigenvalue weighted by Gasteiger charge is 2.43. The summed E-state index contributed by atoms with van der Waals surface area (Å²) in [5, 5.41) is 10.3. The maximum absolute atomic E-state index is 10.3. The van der Waals surface area contributed by atoms with Crippen molar-refractivity contribution in [2.45, 2.75) is 31.6 Å². The fourth-order valence-corrected chi connectivity index (χ4v) is 2.27. The summed E-state index contributed by atoms with van der Waals surface area (Å²) < 4.78 is 5.84. The van der Waals surface area contributed by atoms with Crippen LogP contribution in [0.5, 0.6) is 5.75 Å². The van der Waals surface area contributed by atoms with Gasteiger partial charge in [0.2, 0.25) is 0 Å². The van der Waals surface area contributed by atoms with Gasteiger partial charge in [0.25, 0.3) is 0 Å². The Kier molecular flexibility index (Phi) is 4.07. The van der Waals surface area contributed by atoms with Gasteiger partial charge in [0.1, 0.15) is 17.5 Å². The fraction of sp³-hybridized carbons (Fsp3) is 0.538. The highest BCUT2D eigenvalue weighted by Crippen LogP contribution is 2.41. The number of nitrogens with zero attached hydrogens (tertiary/aromatic N) is 1. The molecule has 0 amide bonds. The van der Waals surface area contributed by atoms with Crippen LogP contribution in [0.3, 0.4) is 0 Å². The molecule has 4 heteroatoms. The topological polar surface area (TPSA) is 32.7 Å². The van der Waals surface area contributed by atoms with Gasteiger partial charge in [-0.25, -0.2) is 0 Å². The summed E-state index contributed by atoms with van der Waals surface area (Å²) in [7, 11) is 3.96. The predicted octanol–water partition coefficient (Wildman–Crippen LogP) is 2.24. The molecule has 0 unspecified atom stereocenters. The lowest BCUT2D eigenvalue weighted by atomic mass is 9.86. The second kappa shape index (κ2) is 4.84. The number of benzene rings is 1. The van der Waals surface area contributed by atoms with Gasteiger partial charge in [0.05, 0.1) is 6.04 Å². The third-order valence-electron chi connectivity index (χ3n) is 3.18. The van der Waals surface area contributed by atoms with Gasteiger partial charge in [-0.2, -0.15) is 0 Å². The van der Waals surface area contributed by atoms with Crippen LogP contribution in [-0.4, -0.2) is 35.8 Å². The molecule has 0 fully saturated rings. The van der Waals surface area contributed by atoms with Gasteiger partial charge in [-0.3, -0.25) is 4.90 Å². The minimum absolute atomic E-state index is 0. The zero-order chi connectivity index (χ0) is 11.9. The second-order valence-corrected chi connectivity index (χ2v) is 5.10. The molecule has 1 N–H and O–H groups in total. The molecule has 0 spiro atoms. The van der Waals surface area contributed by atoms with Crippen LogP contribution < -0.4 is 4.74 Å². The Labute approximate surface area is 109 Å². The number of likely N-dealkylation sites (N-methyl/N-ethyl adjacent to an activating group) is 1. The van der Waals surface area contributed by atoms with E-state index in [1.165, 1.54) is 0 Å². The lowest BCUT2D eigenvalue weighted by Gasteiger charge is -2.44. The summed E-state index contributed by atoms with van der Waals surface area (Å²) in [6.45, 7) is 3.84. The molecule has 1 heterocycles. The predicted molar refractivity (Wildman–Crippen MR) is 70.8 cm³/mol. The summed E-state index contributed by atoms with van der Waals surface area (Å²) >= 11 is 0. The Morgan fingerprint density at radius 1 is 1.24 bits per heavy atom. The van der Waals surface area contributed by atoms with Crippen molar-refractivity contribution in [3.05, 3.63) is 29.8 Å². The van der Waals surface area contributed by atoms with Crippen LogP contribution in [-0.2, 0) is 0 Å². The van der Waals surface area contributed by atoms with Gasteiger partial charge in [-0.05, 0) is 34.0 Å². The van der Waals surface area contributed by atoms with Crippen molar-refractivity contribution in [3.63, 3.8) is 0 Å². The first-order valence-electron chi connectivity index (χ1n) is 5.56. The highest BCUT2D eigenvalue weighted by atomic mass is 35.5. The van der Waals surface area contributed by atoms with Crippen molar-refractivity contribution in [1.29, 1.82) is 0 Å². The molecule has 1 aromatic rings. The van der Waals surface area contributed by atoms with E-state index in [2.05, 4.69) is 0 Å². The van der Waals surface area contributed by atoms with Gasteiger partial charge in [0.15, 0.2) is 0 Å². The van der Waals surface area contributed by atoms with E-state index < -0.39 is 11.7 Å². The number of rotatable bonds is 1. The molecule has 2 atom stereocenters. The van der Waals surface area contributed by atoms with Crippen LogP contribution in [0.15, 0.2) is 24.3 Å². The van der Waals surface area contributed by atoms with E-state index in [1.54, 1.807) is 0 Å². The van der Waals surface area contributed by atoms with Gasteiger partial charge < -0.3 is 9.84 Å². The zero-order valence-electron chi connectivity index (χ0n) is 10.7. The van der Waals surface area contributed by atoms with Gasteiger partial charge in [0, 0.05) is 5.56 Å². The van der Waals surface area contributed by atoms with E-state index in [0.29, 0.717) is 0 Å². The van der Waals surface area contributed by atoms with Gasteiger partial charge in [-0.15, -0.1) is 12.4 Å². The molecule has 2 rings (SSSR count). The van der Waals surface area contributed by atoms with E-state index in [4.69, 9.17) is 4.74 Å². The number of fused-ring (bicyclic) bond motifs is 1. The molecular formula is C13H20ClNO2. The van der Waals surface area contributed by atoms with E-state index in [-0.39, 0.29) is 18.4 Å². The first-order chi connectivity index (χ1) is 7.43. The lowest BCUT2D eigenvalue weighted by Crippen LogP contribution is -2.52. The molecule has 0 aromatic heterocycles. The molecule has 0 aliphatic carbocycles. The minimum Gasteiger partial charge on any atom is -0.485 e. The van der Waals surface area contributed by atoms with Crippen LogP contribution in [0.1, 0.15) is 25.5 Å². The quantitative estimate of drug-likeness (QED) is 0.838. The van der Waals surface area contributed by atoms with E-state index in [9.17, 15) is 5.11 Å². The molecule has 3 nitrogen and oxygen atoms in total. The average Bonchev–Trinajstić information content (AvgIpc) is 2.18. The maximum Gasteiger partial charge on any atom is 0.131 e. The average molecular weight is 258 g/mol. The number of aliphatic hydroxyl groups is 1. The van der Waals surface area contributed by atoms with Crippen molar-refractivity contribution in [1.82, 2.24) is 4.90 Å². The summed E-state index contributed by atoms with van der Waals surface area (Å²) in [5.41, 5.74) is 0.503. The zero-order valence-corrected chi connectivity index (χ0v) is 11.5. The summed E-state index contributed by atoms with van der Waals surface area (Å²) in [4.78, 5) is 2.04. The van der Waals surface area contributed by atoms with Gasteiger partial charge >= 0.3 is 0 Å². The monoisotopic (exact) mass is 257 g/mol. The third-order valence-corrected chi connectivity index (χ3v) is 3.18. The van der Waals surface area contributed by atoms with Crippen molar-refractivity contribution in [3.8, 4) is 5.75 Å². The van der Waals surface area contributed by atoms with Crippen LogP contribution in [0.2, 0.25) is 0 Å². The smallest absolute Gasteiger partial charge is 0.131 e. The molecule has 1 aromatic carbocycles. The van der Waals surface area contributed by atoms with Crippen LogP contribution in [0.4, 0.5) is 0 Å². The Hall–Kier alpha value is -0.770. The van der Waals surface area contributed by atoms with E-state index in [0.717, 1.165) is 11.3 Å². The van der Waals surface area contributed by atoms with Crippen molar-refractivity contribution >= 4 is 12.4 Å². The molecule has 96 valence electrons. The number of ether oxygens (including phenoxy) is 1. The molecular weight excluding hydrogens is 238 g/mol. The SMILES string of the molecule is CN(C)[C@@H]1c2ccccc2OC(C)(C)[C@H]1O.Cl. The standard InChI is InChI=1S/C13H19NO2.ClH/c1-13(2)12(15)11(14(3)4)9-7-5-6-8-10(9)16-13;/h5-8,11-12,15H,1-4H3;1H/t11-,12+;/m1./s1. The third kappa shape index (κ3) is 2.41. The summed E-state index contributed by atoms with van der Waals surface area (Å²) in [5.74, 6) is 0.872. The van der Waals surface area contributed by atoms with Crippen molar-refractivity contribution in [2.75, 3.05) is 14.1 Å². The molecule has 0 saturated carbocycles. The van der Waals surface area contributed by atoms with Crippen molar-refractivity contribution in [2.24, 2.45) is 0 Å². The molecule has 17 heavy (non-hydrogen) atoms. The fourth-order valence-electron chi connectivity index (χ4n) is 2.27. The summed E-state index contributed by atoms with van der Waals surface area (Å²) in [6, 6.07) is 7.89. The second-order valence-electron chi connectivity index (χ2n) is 5.10. The number of hydrogen-bond donors (Lipinski definition) is 1. The molecule has 1 aliphatic heterocycles. The van der Waals surface area contributed by atoms with Crippen molar-refractivity contribution < 1.29 is 9.84 Å².